The van der Waals surface area contributed by atoms with Crippen molar-refractivity contribution < 1.29 is 14.3 Å². The molecule has 1 aliphatic rings. The van der Waals surface area contributed by atoms with Crippen LogP contribution in [-0.4, -0.2) is 34.7 Å². The number of rotatable bonds is 3. The number of aliphatic hydroxyl groups excluding tert-OH is 1. The molecule has 1 saturated heterocycles. The van der Waals surface area contributed by atoms with E-state index in [0.717, 1.165) is 16.8 Å². The van der Waals surface area contributed by atoms with E-state index in [-0.39, 0.29) is 24.4 Å². The number of carbonyl (C=O) groups is 1. The molecule has 3 N–H and O–H groups in total. The van der Waals surface area contributed by atoms with E-state index in [1.54, 1.807) is 6.26 Å². The fourth-order valence-electron chi connectivity index (χ4n) is 2.55. The normalized spacial score (nSPS) is 20.1. The number of anilines is 1. The highest BCUT2D eigenvalue weighted by molar-refractivity contribution is 5.95. The first-order valence-corrected chi connectivity index (χ1v) is 7.28. The van der Waals surface area contributed by atoms with E-state index >= 15 is 0 Å². The molecule has 1 amide bonds. The number of oxazole rings is 1. The maximum atomic E-state index is 12.2. The molecule has 3 rings (SSSR count). The number of β-amino-alcohol motifs (C(OH)–C–C–N with tert-alkyl or cyclic N) is 1. The summed E-state index contributed by atoms with van der Waals surface area (Å²) in [7, 11) is 0. The Labute approximate surface area is 140 Å². The van der Waals surface area contributed by atoms with Gasteiger partial charge in [0.25, 0.3) is 0 Å². The monoisotopic (exact) mass is 337 g/mol. The third-order valence-corrected chi connectivity index (χ3v) is 3.78. The van der Waals surface area contributed by atoms with Gasteiger partial charge in [0.1, 0.15) is 6.26 Å². The molecule has 1 aromatic carbocycles. The molecule has 6 nitrogen and oxygen atoms in total. The lowest BCUT2D eigenvalue weighted by molar-refractivity contribution is -0.117. The third kappa shape index (κ3) is 3.90. The molecule has 0 spiro atoms. The van der Waals surface area contributed by atoms with Gasteiger partial charge in [-0.15, -0.1) is 12.4 Å². The van der Waals surface area contributed by atoms with Crippen LogP contribution in [0.1, 0.15) is 17.7 Å². The topological polar surface area (TPSA) is 87.4 Å². The number of halogens is 1. The van der Waals surface area contributed by atoms with Crippen molar-refractivity contribution in [3.63, 3.8) is 0 Å². The van der Waals surface area contributed by atoms with Crippen LogP contribution >= 0.6 is 12.4 Å². The molecule has 1 fully saturated rings. The number of aliphatic hydroxyl groups is 1. The second-order valence-corrected chi connectivity index (χ2v) is 5.66. The van der Waals surface area contributed by atoms with E-state index in [1.165, 1.54) is 0 Å². The SMILES string of the molecule is Cc1coc(-c2cc(NC(=O)C3CC(O)CN3)ccc2C)n1.Cl. The minimum atomic E-state index is -0.459. The lowest BCUT2D eigenvalue weighted by Gasteiger charge is -2.12. The van der Waals surface area contributed by atoms with Gasteiger partial charge in [0.15, 0.2) is 0 Å². The average Bonchev–Trinajstić information content (AvgIpc) is 3.10. The van der Waals surface area contributed by atoms with Gasteiger partial charge >= 0.3 is 0 Å². The van der Waals surface area contributed by atoms with Crippen molar-refractivity contribution in [1.82, 2.24) is 10.3 Å². The highest BCUT2D eigenvalue weighted by atomic mass is 35.5. The summed E-state index contributed by atoms with van der Waals surface area (Å²) in [6, 6.07) is 5.26. The van der Waals surface area contributed by atoms with Crippen molar-refractivity contribution >= 4 is 24.0 Å². The Morgan fingerprint density at radius 3 is 2.83 bits per heavy atom. The summed E-state index contributed by atoms with van der Waals surface area (Å²) in [6.45, 7) is 4.28. The van der Waals surface area contributed by atoms with Crippen LogP contribution in [0.3, 0.4) is 0 Å². The minimum Gasteiger partial charge on any atom is -0.444 e. The summed E-state index contributed by atoms with van der Waals surface area (Å²) in [5.74, 6) is 0.399. The lowest BCUT2D eigenvalue weighted by atomic mass is 10.1. The number of aromatic nitrogens is 1. The Morgan fingerprint density at radius 2 is 2.22 bits per heavy atom. The van der Waals surface area contributed by atoms with Gasteiger partial charge in [-0.25, -0.2) is 4.98 Å². The van der Waals surface area contributed by atoms with Crippen LogP contribution in [0.2, 0.25) is 0 Å². The summed E-state index contributed by atoms with van der Waals surface area (Å²) in [5, 5.41) is 15.3. The second kappa shape index (κ2) is 7.12. The summed E-state index contributed by atoms with van der Waals surface area (Å²) in [4.78, 5) is 16.5. The van der Waals surface area contributed by atoms with Crippen molar-refractivity contribution in [2.24, 2.45) is 0 Å². The Morgan fingerprint density at radius 1 is 1.43 bits per heavy atom. The van der Waals surface area contributed by atoms with Gasteiger partial charge in [0.05, 0.1) is 17.8 Å². The van der Waals surface area contributed by atoms with E-state index in [2.05, 4.69) is 15.6 Å². The van der Waals surface area contributed by atoms with Gasteiger partial charge in [0, 0.05) is 17.8 Å². The van der Waals surface area contributed by atoms with Crippen LogP contribution in [-0.2, 0) is 4.79 Å². The fourth-order valence-corrected chi connectivity index (χ4v) is 2.55. The molecule has 0 bridgehead atoms. The first kappa shape index (κ1) is 17.5. The van der Waals surface area contributed by atoms with Gasteiger partial charge in [0.2, 0.25) is 11.8 Å². The molecule has 1 aromatic heterocycles. The highest BCUT2D eigenvalue weighted by Gasteiger charge is 2.28. The number of aryl methyl sites for hydroxylation is 2. The zero-order chi connectivity index (χ0) is 15.7. The molecule has 2 aromatic rings. The predicted octanol–water partition coefficient (Wildman–Crippen LogP) is 2.04. The van der Waals surface area contributed by atoms with E-state index in [0.29, 0.717) is 24.5 Å². The van der Waals surface area contributed by atoms with Crippen LogP contribution in [0.15, 0.2) is 28.9 Å². The molecule has 7 heteroatoms. The van der Waals surface area contributed by atoms with Crippen LogP contribution < -0.4 is 10.6 Å². The minimum absolute atomic E-state index is 0. The lowest BCUT2D eigenvalue weighted by Crippen LogP contribution is -2.35. The summed E-state index contributed by atoms with van der Waals surface area (Å²) < 4.78 is 5.44. The number of carbonyl (C=O) groups excluding carboxylic acids is 1. The molecule has 0 radical (unpaired) electrons. The van der Waals surface area contributed by atoms with Crippen molar-refractivity contribution in [2.75, 3.05) is 11.9 Å². The van der Waals surface area contributed by atoms with Crippen molar-refractivity contribution in [1.29, 1.82) is 0 Å². The van der Waals surface area contributed by atoms with Crippen LogP contribution in [0.25, 0.3) is 11.5 Å². The first-order chi connectivity index (χ1) is 10.5. The standard InChI is InChI=1S/C16H19N3O3.ClH/c1-9-3-4-11(5-13(9)16-18-10(2)8-22-16)19-15(21)14-6-12(20)7-17-14;/h3-5,8,12,14,17,20H,6-7H2,1-2H3,(H,19,21);1H. The fraction of sp³-hybridized carbons (Fsp3) is 0.375. The third-order valence-electron chi connectivity index (χ3n) is 3.78. The number of hydrogen-bond acceptors (Lipinski definition) is 5. The van der Waals surface area contributed by atoms with Crippen molar-refractivity contribution in [3.8, 4) is 11.5 Å². The molecule has 2 atom stereocenters. The first-order valence-electron chi connectivity index (χ1n) is 7.28. The Kier molecular flexibility index (Phi) is 5.41. The number of hydrogen-bond donors (Lipinski definition) is 3. The Hall–Kier alpha value is -1.89. The molecule has 2 heterocycles. The highest BCUT2D eigenvalue weighted by Crippen LogP contribution is 2.26. The average molecular weight is 338 g/mol. The number of nitrogens with one attached hydrogen (secondary N) is 2. The van der Waals surface area contributed by atoms with Gasteiger partial charge in [-0.2, -0.15) is 0 Å². The molecular weight excluding hydrogens is 318 g/mol. The second-order valence-electron chi connectivity index (χ2n) is 5.66. The summed E-state index contributed by atoms with van der Waals surface area (Å²) >= 11 is 0. The predicted molar refractivity (Wildman–Crippen MR) is 89.7 cm³/mol. The van der Waals surface area contributed by atoms with E-state index in [9.17, 15) is 9.90 Å². The van der Waals surface area contributed by atoms with Gasteiger partial charge in [-0.3, -0.25) is 4.79 Å². The maximum Gasteiger partial charge on any atom is 0.241 e. The molecule has 1 aliphatic heterocycles. The van der Waals surface area contributed by atoms with Gasteiger partial charge in [-0.1, -0.05) is 6.07 Å². The zero-order valence-corrected chi connectivity index (χ0v) is 13.8. The molecule has 23 heavy (non-hydrogen) atoms. The number of benzene rings is 1. The zero-order valence-electron chi connectivity index (χ0n) is 13.0. The van der Waals surface area contributed by atoms with E-state index in [1.807, 2.05) is 32.0 Å². The van der Waals surface area contributed by atoms with E-state index in [4.69, 9.17) is 4.42 Å². The Bertz CT molecular complexity index is 702. The van der Waals surface area contributed by atoms with Crippen molar-refractivity contribution in [2.45, 2.75) is 32.4 Å². The van der Waals surface area contributed by atoms with Crippen LogP contribution in [0.4, 0.5) is 5.69 Å². The van der Waals surface area contributed by atoms with Crippen LogP contribution in [0, 0.1) is 13.8 Å². The maximum absolute atomic E-state index is 12.2. The number of amides is 1. The van der Waals surface area contributed by atoms with Crippen LogP contribution in [0.5, 0.6) is 0 Å². The largest absolute Gasteiger partial charge is 0.444 e. The molecule has 0 saturated carbocycles. The molecule has 0 aliphatic carbocycles. The number of nitrogens with zero attached hydrogens (tertiary/aromatic N) is 1. The molecule has 2 unspecified atom stereocenters. The van der Waals surface area contributed by atoms with Crippen molar-refractivity contribution in [3.05, 3.63) is 35.7 Å². The smallest absolute Gasteiger partial charge is 0.241 e. The van der Waals surface area contributed by atoms with Gasteiger partial charge in [-0.05, 0) is 38.0 Å². The summed E-state index contributed by atoms with van der Waals surface area (Å²) in [5.41, 5.74) is 3.37. The molecule has 124 valence electrons. The quantitative estimate of drug-likeness (QED) is 0.797. The van der Waals surface area contributed by atoms with Gasteiger partial charge < -0.3 is 20.2 Å². The summed E-state index contributed by atoms with van der Waals surface area (Å²) in [6.07, 6.45) is 1.58. The molecular formula is C16H20ClN3O3. The Balaban J connectivity index is 0.00000192. The van der Waals surface area contributed by atoms with E-state index < -0.39 is 6.10 Å².